The molecule has 0 spiro atoms. The van der Waals surface area contributed by atoms with E-state index in [0.717, 1.165) is 48.9 Å². The number of nitrogens with two attached hydrogens (primary N) is 2. The lowest BCUT2D eigenvalue weighted by Gasteiger charge is -2.30. The number of rotatable bonds is 5. The molecule has 3 aromatic rings. The fourth-order valence-electron chi connectivity index (χ4n) is 6.01. The zero-order valence-electron chi connectivity index (χ0n) is 24.4. The second-order valence-electron chi connectivity index (χ2n) is 11.4. The number of carbonyl (C=O) groups is 2. The molecule has 45 heavy (non-hydrogen) atoms. The molecule has 2 amide bonds. The Morgan fingerprint density at radius 1 is 0.867 bits per heavy atom. The largest absolute Gasteiger partial charge is 0.331 e. The number of nitrogens with zero attached hydrogens (tertiary/aromatic N) is 2. The summed E-state index contributed by atoms with van der Waals surface area (Å²) in [5, 5.41) is 12.1. The van der Waals surface area contributed by atoms with Crippen LogP contribution in [0.3, 0.4) is 0 Å². The van der Waals surface area contributed by atoms with Crippen molar-refractivity contribution >= 4 is 60.8 Å². The van der Waals surface area contributed by atoms with Crippen LogP contribution in [0, 0.1) is 0 Å². The highest BCUT2D eigenvalue weighted by molar-refractivity contribution is 7.89. The summed E-state index contributed by atoms with van der Waals surface area (Å²) in [4.78, 5) is 26.4. The van der Waals surface area contributed by atoms with Crippen molar-refractivity contribution in [2.45, 2.75) is 73.9 Å². The lowest BCUT2D eigenvalue weighted by molar-refractivity contribution is 0.0659. The summed E-state index contributed by atoms with van der Waals surface area (Å²) in [6, 6.07) is 15.0. The maximum atomic E-state index is 12.5. The van der Waals surface area contributed by atoms with Crippen LogP contribution >= 0.6 is 23.2 Å². The van der Waals surface area contributed by atoms with Gasteiger partial charge in [-0.15, -0.1) is 0 Å². The Bertz CT molecular complexity index is 1880. The summed E-state index contributed by atoms with van der Waals surface area (Å²) in [5.74, 6) is -0.543. The van der Waals surface area contributed by atoms with Gasteiger partial charge in [0.2, 0.25) is 20.0 Å². The van der Waals surface area contributed by atoms with Gasteiger partial charge >= 0.3 is 0 Å². The maximum Gasteiger partial charge on any atom is 0.269 e. The van der Waals surface area contributed by atoms with Gasteiger partial charge in [-0.25, -0.2) is 27.1 Å². The van der Waals surface area contributed by atoms with E-state index in [-0.39, 0.29) is 43.4 Å². The molecule has 5 N–H and O–H groups in total. The van der Waals surface area contributed by atoms with Gasteiger partial charge in [0, 0.05) is 23.7 Å². The number of carbonyl (C=O) groups excluding carboxylic acids is 2. The number of hydrogen-bond acceptors (Lipinski definition) is 7. The predicted octanol–water partition coefficient (Wildman–Crippen LogP) is 4.36. The highest BCUT2D eigenvalue weighted by Crippen LogP contribution is 2.35. The smallest absolute Gasteiger partial charge is 0.269 e. The minimum Gasteiger partial charge on any atom is -0.331 e. The van der Waals surface area contributed by atoms with Gasteiger partial charge in [-0.05, 0) is 73.7 Å². The zero-order valence-corrected chi connectivity index (χ0v) is 27.5. The second kappa shape index (κ2) is 12.9. The van der Waals surface area contributed by atoms with E-state index in [1.165, 1.54) is 30.7 Å². The molecule has 15 heteroatoms. The van der Waals surface area contributed by atoms with Crippen molar-refractivity contribution in [3.8, 4) is 0 Å². The number of anilines is 1. The Labute approximate surface area is 272 Å². The van der Waals surface area contributed by atoms with Gasteiger partial charge < -0.3 is 4.90 Å². The van der Waals surface area contributed by atoms with E-state index in [4.69, 9.17) is 33.5 Å². The minimum atomic E-state index is -4.00. The monoisotopic (exact) mass is 693 g/mol. The fourth-order valence-corrected chi connectivity index (χ4v) is 8.21. The van der Waals surface area contributed by atoms with Gasteiger partial charge in [0.25, 0.3) is 11.8 Å². The van der Waals surface area contributed by atoms with Crippen molar-refractivity contribution in [3.05, 3.63) is 86.9 Å². The molecule has 3 aromatic carbocycles. The first kappa shape index (κ1) is 33.2. The standard InChI is InChI=1S/C16H16ClN3O3S.C14H17ClN2O3S/c1-10-8-11-4-2-3-5-14(11)20(10)19-16(21)12-6-7-13(17)15(9-12)24(18,22)23;15-12-6-9-8-17(10-4-2-1-3-5-10)14(18)11(9)7-13(12)21(16,19)20/h2-7,9-10H,8H2,1H3,(H,19,21)(H2,18,22,23);6-7,10H,1-5,8H2,(H2,16,19,20). The predicted molar refractivity (Wildman–Crippen MR) is 172 cm³/mol. The van der Waals surface area contributed by atoms with Crippen molar-refractivity contribution in [2.24, 2.45) is 10.3 Å². The first-order valence-corrected chi connectivity index (χ1v) is 18.2. The Morgan fingerprint density at radius 2 is 1.51 bits per heavy atom. The van der Waals surface area contributed by atoms with Crippen molar-refractivity contribution in [2.75, 3.05) is 5.01 Å². The van der Waals surface area contributed by atoms with Crippen LogP contribution < -0.4 is 20.7 Å². The highest BCUT2D eigenvalue weighted by Gasteiger charge is 2.35. The molecule has 6 rings (SSSR count). The summed E-state index contributed by atoms with van der Waals surface area (Å²) in [6.07, 6.45) is 6.32. The molecule has 1 saturated carbocycles. The molecule has 2 heterocycles. The average Bonchev–Trinajstić information content (AvgIpc) is 3.47. The topological polar surface area (TPSA) is 173 Å². The molecular formula is C30H33Cl2N5O6S2. The molecule has 0 bridgehead atoms. The van der Waals surface area contributed by atoms with E-state index in [1.54, 1.807) is 11.1 Å². The second-order valence-corrected chi connectivity index (χ2v) is 15.3. The Balaban J connectivity index is 0.000000179. The third-order valence-electron chi connectivity index (χ3n) is 8.24. The Morgan fingerprint density at radius 3 is 2.18 bits per heavy atom. The number of sulfonamides is 2. The Kier molecular flexibility index (Phi) is 9.50. The van der Waals surface area contributed by atoms with Crippen LogP contribution in [0.4, 0.5) is 5.69 Å². The molecule has 3 aliphatic rings. The number of nitrogens with one attached hydrogen (secondary N) is 1. The number of fused-ring (bicyclic) bond motifs is 2. The zero-order chi connectivity index (χ0) is 32.7. The van der Waals surface area contributed by atoms with Crippen LogP contribution in [-0.4, -0.2) is 45.6 Å². The van der Waals surface area contributed by atoms with E-state index in [2.05, 4.69) is 5.43 Å². The molecule has 1 fully saturated rings. The third kappa shape index (κ3) is 7.13. The van der Waals surface area contributed by atoms with Gasteiger partial charge in [-0.1, -0.05) is 60.7 Å². The number of hydrogen-bond donors (Lipinski definition) is 3. The molecule has 0 aromatic heterocycles. The number of hydrazine groups is 1. The summed E-state index contributed by atoms with van der Waals surface area (Å²) in [5.41, 5.74) is 6.25. The Hall–Kier alpha value is -3.20. The molecule has 0 radical (unpaired) electrons. The molecule has 1 aliphatic carbocycles. The summed E-state index contributed by atoms with van der Waals surface area (Å²) < 4.78 is 46.1. The number of halogens is 2. The van der Waals surface area contributed by atoms with Crippen LogP contribution in [0.2, 0.25) is 10.0 Å². The number of amides is 2. The van der Waals surface area contributed by atoms with E-state index >= 15 is 0 Å². The van der Waals surface area contributed by atoms with Crippen molar-refractivity contribution in [1.29, 1.82) is 0 Å². The van der Waals surface area contributed by atoms with Gasteiger partial charge in [-0.2, -0.15) is 0 Å². The molecule has 240 valence electrons. The lowest BCUT2D eigenvalue weighted by Crippen LogP contribution is -2.45. The quantitative estimate of drug-likeness (QED) is 0.356. The van der Waals surface area contributed by atoms with Crippen LogP contribution in [-0.2, 0) is 33.0 Å². The third-order valence-corrected chi connectivity index (χ3v) is 11.0. The molecule has 1 atom stereocenters. The van der Waals surface area contributed by atoms with Crippen molar-refractivity contribution in [1.82, 2.24) is 10.3 Å². The molecule has 11 nitrogen and oxygen atoms in total. The molecule has 0 saturated heterocycles. The summed E-state index contributed by atoms with van der Waals surface area (Å²) in [7, 11) is -7.93. The van der Waals surface area contributed by atoms with Crippen LogP contribution in [0.15, 0.2) is 64.4 Å². The van der Waals surface area contributed by atoms with Crippen molar-refractivity contribution in [3.63, 3.8) is 0 Å². The van der Waals surface area contributed by atoms with Gasteiger partial charge in [0.05, 0.1) is 21.8 Å². The number of primary sulfonamides is 2. The van der Waals surface area contributed by atoms with Crippen LogP contribution in [0.1, 0.15) is 70.9 Å². The van der Waals surface area contributed by atoms with Crippen LogP contribution in [0.25, 0.3) is 0 Å². The normalized spacial score (nSPS) is 18.2. The van der Waals surface area contributed by atoms with E-state index in [0.29, 0.717) is 12.1 Å². The minimum absolute atomic E-state index is 0.0195. The van der Waals surface area contributed by atoms with Gasteiger partial charge in [0.15, 0.2) is 0 Å². The molecular weight excluding hydrogens is 661 g/mol. The molecule has 1 unspecified atom stereocenters. The summed E-state index contributed by atoms with van der Waals surface area (Å²) in [6.45, 7) is 2.50. The van der Waals surface area contributed by atoms with Gasteiger partial charge in [0.1, 0.15) is 9.79 Å². The first-order chi connectivity index (χ1) is 21.1. The van der Waals surface area contributed by atoms with E-state index in [9.17, 15) is 26.4 Å². The van der Waals surface area contributed by atoms with Gasteiger partial charge in [-0.3, -0.25) is 20.0 Å². The van der Waals surface area contributed by atoms with Crippen molar-refractivity contribution < 1.29 is 26.4 Å². The number of para-hydroxylation sites is 1. The molecule has 2 aliphatic heterocycles. The SMILES string of the molecule is CC1Cc2ccccc2N1NC(=O)c1ccc(Cl)c(S(N)(=O)=O)c1.NS(=O)(=O)c1cc2c(cc1Cl)CN(C1CCCCC1)C2=O. The van der Waals surface area contributed by atoms with E-state index in [1.807, 2.05) is 36.1 Å². The average molecular weight is 695 g/mol. The maximum absolute atomic E-state index is 12.5. The highest BCUT2D eigenvalue weighted by atomic mass is 35.5. The van der Waals surface area contributed by atoms with Crippen LogP contribution in [0.5, 0.6) is 0 Å². The number of benzene rings is 3. The summed E-state index contributed by atoms with van der Waals surface area (Å²) >= 11 is 11.8. The van der Waals surface area contributed by atoms with E-state index < -0.39 is 26.0 Å². The fraction of sp³-hybridized carbons (Fsp3) is 0.333. The first-order valence-electron chi connectivity index (χ1n) is 14.3. The lowest BCUT2D eigenvalue weighted by atomic mass is 9.94.